The molecule has 0 aliphatic carbocycles. The summed E-state index contributed by atoms with van der Waals surface area (Å²) in [5.41, 5.74) is 0. The Morgan fingerprint density at radius 2 is 2.60 bits per heavy atom. The number of rotatable bonds is 4. The van der Waals surface area contributed by atoms with Crippen LogP contribution in [0.25, 0.3) is 0 Å². The van der Waals surface area contributed by atoms with Crippen LogP contribution in [0, 0.1) is 0 Å². The number of imidazole rings is 1. The molecular weight excluding hydrogens is 192 g/mol. The van der Waals surface area contributed by atoms with Crippen molar-refractivity contribution in [3.8, 4) is 0 Å². The third-order valence-corrected chi connectivity index (χ3v) is 2.93. The standard InChI is InChI=1S/C11H18N2O2/c1-2-13-6-5-12-11(13)8-9(14)10-4-3-7-15-10/h5-6,9-10,14H,2-4,7-8H2,1H3. The summed E-state index contributed by atoms with van der Waals surface area (Å²) in [7, 11) is 0. The normalized spacial score (nSPS) is 23.2. The fourth-order valence-corrected chi connectivity index (χ4v) is 2.04. The van der Waals surface area contributed by atoms with Crippen molar-refractivity contribution >= 4 is 0 Å². The van der Waals surface area contributed by atoms with Crippen molar-refractivity contribution in [1.82, 2.24) is 9.55 Å². The van der Waals surface area contributed by atoms with Crippen LogP contribution in [0.1, 0.15) is 25.6 Å². The maximum atomic E-state index is 9.96. The highest BCUT2D eigenvalue weighted by atomic mass is 16.5. The van der Waals surface area contributed by atoms with Gasteiger partial charge in [0.05, 0.1) is 12.2 Å². The van der Waals surface area contributed by atoms with Gasteiger partial charge in [-0.2, -0.15) is 0 Å². The molecule has 4 nitrogen and oxygen atoms in total. The summed E-state index contributed by atoms with van der Waals surface area (Å²) in [6.07, 6.45) is 5.93. The fraction of sp³-hybridized carbons (Fsp3) is 0.727. The van der Waals surface area contributed by atoms with Crippen molar-refractivity contribution < 1.29 is 9.84 Å². The lowest BCUT2D eigenvalue weighted by atomic mass is 10.1. The maximum absolute atomic E-state index is 9.96. The van der Waals surface area contributed by atoms with Crippen LogP contribution in [-0.4, -0.2) is 33.5 Å². The summed E-state index contributed by atoms with van der Waals surface area (Å²) in [5, 5.41) is 9.96. The van der Waals surface area contributed by atoms with Crippen LogP contribution in [0.15, 0.2) is 12.4 Å². The molecule has 4 heteroatoms. The third kappa shape index (κ3) is 2.38. The van der Waals surface area contributed by atoms with E-state index < -0.39 is 6.10 Å². The molecule has 0 aromatic carbocycles. The van der Waals surface area contributed by atoms with Gasteiger partial charge >= 0.3 is 0 Å². The molecule has 2 atom stereocenters. The molecule has 1 aliphatic heterocycles. The molecule has 0 spiro atoms. The van der Waals surface area contributed by atoms with E-state index >= 15 is 0 Å². The van der Waals surface area contributed by atoms with Crippen LogP contribution >= 0.6 is 0 Å². The first-order chi connectivity index (χ1) is 7.31. The molecular formula is C11H18N2O2. The second-order valence-corrected chi connectivity index (χ2v) is 3.95. The highest BCUT2D eigenvalue weighted by Crippen LogP contribution is 2.18. The summed E-state index contributed by atoms with van der Waals surface area (Å²) >= 11 is 0. The lowest BCUT2D eigenvalue weighted by Crippen LogP contribution is -2.28. The summed E-state index contributed by atoms with van der Waals surface area (Å²) in [5.74, 6) is 0.945. The Bertz CT molecular complexity index is 305. The summed E-state index contributed by atoms with van der Waals surface area (Å²) in [6.45, 7) is 3.75. The van der Waals surface area contributed by atoms with E-state index in [2.05, 4.69) is 16.5 Å². The van der Waals surface area contributed by atoms with E-state index in [1.807, 2.05) is 6.20 Å². The number of aromatic nitrogens is 2. The van der Waals surface area contributed by atoms with Gasteiger partial charge < -0.3 is 14.4 Å². The smallest absolute Gasteiger partial charge is 0.111 e. The summed E-state index contributed by atoms with van der Waals surface area (Å²) in [6, 6.07) is 0. The fourth-order valence-electron chi connectivity index (χ4n) is 2.04. The largest absolute Gasteiger partial charge is 0.390 e. The van der Waals surface area contributed by atoms with Crippen molar-refractivity contribution in [1.29, 1.82) is 0 Å². The Hall–Kier alpha value is -0.870. The van der Waals surface area contributed by atoms with E-state index in [0.29, 0.717) is 6.42 Å². The Morgan fingerprint density at radius 3 is 3.27 bits per heavy atom. The monoisotopic (exact) mass is 210 g/mol. The first-order valence-corrected chi connectivity index (χ1v) is 5.61. The molecule has 1 saturated heterocycles. The SMILES string of the molecule is CCn1ccnc1CC(O)C1CCCO1. The number of aliphatic hydroxyl groups excluding tert-OH is 1. The topological polar surface area (TPSA) is 47.3 Å². The zero-order valence-corrected chi connectivity index (χ0v) is 9.09. The molecule has 0 amide bonds. The first-order valence-electron chi connectivity index (χ1n) is 5.61. The van der Waals surface area contributed by atoms with Gasteiger partial charge in [0.2, 0.25) is 0 Å². The highest BCUT2D eigenvalue weighted by molar-refractivity contribution is 4.95. The predicted octanol–water partition coefficient (Wildman–Crippen LogP) is 0.985. The van der Waals surface area contributed by atoms with Gasteiger partial charge in [0.25, 0.3) is 0 Å². The third-order valence-electron chi connectivity index (χ3n) is 2.93. The Kier molecular flexibility index (Phi) is 3.38. The van der Waals surface area contributed by atoms with Gasteiger partial charge in [-0.3, -0.25) is 0 Å². The minimum Gasteiger partial charge on any atom is -0.390 e. The number of aliphatic hydroxyl groups is 1. The van der Waals surface area contributed by atoms with E-state index in [-0.39, 0.29) is 6.10 Å². The van der Waals surface area contributed by atoms with Crippen LogP contribution < -0.4 is 0 Å². The number of aryl methyl sites for hydroxylation is 1. The quantitative estimate of drug-likeness (QED) is 0.806. The van der Waals surface area contributed by atoms with Gasteiger partial charge in [-0.15, -0.1) is 0 Å². The number of hydrogen-bond donors (Lipinski definition) is 1. The molecule has 0 radical (unpaired) electrons. The van der Waals surface area contributed by atoms with Crippen LogP contribution in [0.2, 0.25) is 0 Å². The first kappa shape index (κ1) is 10.6. The molecule has 0 saturated carbocycles. The Balaban J connectivity index is 1.95. The predicted molar refractivity (Wildman–Crippen MR) is 56.6 cm³/mol. The van der Waals surface area contributed by atoms with Gasteiger partial charge in [0.1, 0.15) is 5.82 Å². The van der Waals surface area contributed by atoms with Crippen molar-refractivity contribution in [2.75, 3.05) is 6.61 Å². The van der Waals surface area contributed by atoms with Crippen molar-refractivity contribution in [3.63, 3.8) is 0 Å². The number of ether oxygens (including phenoxy) is 1. The molecule has 1 N–H and O–H groups in total. The lowest BCUT2D eigenvalue weighted by Gasteiger charge is -2.17. The lowest BCUT2D eigenvalue weighted by molar-refractivity contribution is -0.00203. The highest BCUT2D eigenvalue weighted by Gasteiger charge is 2.25. The molecule has 0 bridgehead atoms. The van der Waals surface area contributed by atoms with Gasteiger partial charge in [-0.05, 0) is 19.8 Å². The van der Waals surface area contributed by atoms with E-state index in [9.17, 15) is 5.11 Å². The maximum Gasteiger partial charge on any atom is 0.111 e. The van der Waals surface area contributed by atoms with E-state index in [1.54, 1.807) is 6.20 Å². The zero-order valence-electron chi connectivity index (χ0n) is 9.09. The van der Waals surface area contributed by atoms with Crippen LogP contribution in [0.4, 0.5) is 0 Å². The van der Waals surface area contributed by atoms with E-state index in [1.165, 1.54) is 0 Å². The second-order valence-electron chi connectivity index (χ2n) is 3.95. The van der Waals surface area contributed by atoms with Crippen LogP contribution in [0.5, 0.6) is 0 Å². The molecule has 1 fully saturated rings. The minimum atomic E-state index is -0.416. The van der Waals surface area contributed by atoms with Crippen molar-refractivity contribution in [2.24, 2.45) is 0 Å². The zero-order chi connectivity index (χ0) is 10.7. The van der Waals surface area contributed by atoms with Crippen LogP contribution in [0.3, 0.4) is 0 Å². The summed E-state index contributed by atoms with van der Waals surface area (Å²) < 4.78 is 7.50. The molecule has 2 unspecified atom stereocenters. The Morgan fingerprint density at radius 1 is 1.73 bits per heavy atom. The van der Waals surface area contributed by atoms with Gasteiger partial charge in [0.15, 0.2) is 0 Å². The average Bonchev–Trinajstić information content (AvgIpc) is 2.87. The second kappa shape index (κ2) is 4.77. The van der Waals surface area contributed by atoms with Crippen molar-refractivity contribution in [2.45, 2.75) is 44.9 Å². The minimum absolute atomic E-state index is 0.00649. The number of nitrogens with zero attached hydrogens (tertiary/aromatic N) is 2. The molecule has 1 aromatic rings. The van der Waals surface area contributed by atoms with Crippen LogP contribution in [-0.2, 0) is 17.7 Å². The molecule has 84 valence electrons. The number of hydrogen-bond acceptors (Lipinski definition) is 3. The molecule has 2 rings (SSSR count). The molecule has 1 aliphatic rings. The van der Waals surface area contributed by atoms with Gasteiger partial charge in [-0.25, -0.2) is 4.98 Å². The van der Waals surface area contributed by atoms with Gasteiger partial charge in [0, 0.05) is 32.0 Å². The van der Waals surface area contributed by atoms with E-state index in [4.69, 9.17) is 4.74 Å². The van der Waals surface area contributed by atoms with Gasteiger partial charge in [-0.1, -0.05) is 0 Å². The average molecular weight is 210 g/mol. The van der Waals surface area contributed by atoms with Crippen molar-refractivity contribution in [3.05, 3.63) is 18.2 Å². The Labute approximate surface area is 89.9 Å². The molecule has 15 heavy (non-hydrogen) atoms. The van der Waals surface area contributed by atoms with E-state index in [0.717, 1.165) is 31.8 Å². The molecule has 1 aromatic heterocycles. The summed E-state index contributed by atoms with van der Waals surface area (Å²) in [4.78, 5) is 4.25. The molecule has 2 heterocycles.